The maximum Gasteiger partial charge on any atom is 0.0541 e. The van der Waals surface area contributed by atoms with Crippen LogP contribution in [0, 0.1) is 0 Å². The van der Waals surface area contributed by atoms with E-state index < -0.39 is 0 Å². The molecule has 9 aromatic carbocycles. The van der Waals surface area contributed by atoms with Gasteiger partial charge in [0.05, 0.1) is 11.0 Å². The van der Waals surface area contributed by atoms with Gasteiger partial charge in [-0.25, -0.2) is 0 Å². The van der Waals surface area contributed by atoms with Crippen molar-refractivity contribution in [2.45, 2.75) is 104 Å². The Labute approximate surface area is 427 Å². The maximum atomic E-state index is 2.48. The molecule has 356 valence electrons. The molecule has 0 radical (unpaired) electrons. The first-order valence-electron chi connectivity index (χ1n) is 26.3. The molecule has 0 saturated heterocycles. The highest BCUT2D eigenvalue weighted by Gasteiger charge is 2.38. The molecule has 0 aliphatic heterocycles. The van der Waals surface area contributed by atoms with Crippen LogP contribution in [0.3, 0.4) is 0 Å². The van der Waals surface area contributed by atoms with Gasteiger partial charge >= 0.3 is 0 Å². The lowest BCUT2D eigenvalue weighted by molar-refractivity contribution is 0.504. The lowest BCUT2D eigenvalue weighted by Gasteiger charge is -2.28. The fourth-order valence-corrected chi connectivity index (χ4v) is 12.1. The number of nitrogens with zero attached hydrogens (tertiary/aromatic N) is 2. The Balaban J connectivity index is 0.885. The number of hydrogen-bond acceptors (Lipinski definition) is 1. The SMILES string of the molecule is CCC(C)(C)c1ccc(N(c2ccc(-c3ccc4c(c3)C(C)(C)c3cc(C(C)(C)CC)ccc3-4)cc2)c2ccc(-c3ccc4c(c3)c3ccccc3n4-c3ccc4c(c3)C(C)(C)c3ccccc3-4)cc2)cc1. The van der Waals surface area contributed by atoms with Crippen molar-refractivity contribution >= 4 is 38.9 Å². The molecule has 1 heterocycles. The van der Waals surface area contributed by atoms with Crippen LogP contribution in [0.5, 0.6) is 0 Å². The Morgan fingerprint density at radius 3 is 1.47 bits per heavy atom. The van der Waals surface area contributed by atoms with Crippen LogP contribution in [0.25, 0.3) is 72.0 Å². The molecule has 2 aliphatic rings. The monoisotopic (exact) mass is 935 g/mol. The summed E-state index contributed by atoms with van der Waals surface area (Å²) in [6, 6.07) is 73.8. The molecule has 0 bridgehead atoms. The molecule has 0 saturated carbocycles. The van der Waals surface area contributed by atoms with Gasteiger partial charge in [-0.15, -0.1) is 0 Å². The van der Waals surface area contributed by atoms with E-state index >= 15 is 0 Å². The van der Waals surface area contributed by atoms with Crippen molar-refractivity contribution in [1.82, 2.24) is 4.57 Å². The molecule has 0 N–H and O–H groups in total. The minimum absolute atomic E-state index is 0.0697. The van der Waals surface area contributed by atoms with Crippen LogP contribution in [-0.4, -0.2) is 4.57 Å². The number of para-hydroxylation sites is 1. The summed E-state index contributed by atoms with van der Waals surface area (Å²) >= 11 is 0. The predicted octanol–water partition coefficient (Wildman–Crippen LogP) is 19.6. The molecule has 2 nitrogen and oxygen atoms in total. The Morgan fingerprint density at radius 2 is 0.819 bits per heavy atom. The Bertz CT molecular complexity index is 3740. The zero-order valence-corrected chi connectivity index (χ0v) is 43.8. The standard InChI is InChI=1S/C70H66N2/c1-11-67(3,4)49-27-34-53(35-28-49)71(52-32-23-46(24-33-52)48-25-37-56-57-38-29-50(68(5,6)12-2)43-63(57)70(9,10)62(56)42-48)51-30-21-45(22-31-51)47-26-40-66-60(41-47)59-18-14-16-20-65(59)72(66)54-36-39-58-55-17-13-15-19-61(55)69(7,8)64(58)44-54/h13-44H,11-12H2,1-10H3. The third kappa shape index (κ3) is 7.12. The lowest BCUT2D eigenvalue weighted by atomic mass is 9.77. The highest BCUT2D eigenvalue weighted by atomic mass is 15.1. The third-order valence-electron chi connectivity index (χ3n) is 17.5. The van der Waals surface area contributed by atoms with Gasteiger partial charge in [-0.2, -0.15) is 0 Å². The number of benzene rings is 9. The maximum absolute atomic E-state index is 2.48. The van der Waals surface area contributed by atoms with Crippen molar-refractivity contribution in [3.05, 3.63) is 228 Å². The first-order valence-corrected chi connectivity index (χ1v) is 26.3. The van der Waals surface area contributed by atoms with Gasteiger partial charge in [-0.05, 0) is 174 Å². The van der Waals surface area contributed by atoms with E-state index in [4.69, 9.17) is 0 Å². The molecule has 0 spiro atoms. The van der Waals surface area contributed by atoms with E-state index in [0.29, 0.717) is 0 Å². The van der Waals surface area contributed by atoms with Gasteiger partial charge in [0.1, 0.15) is 0 Å². The fraction of sp³-hybridized carbons (Fsp3) is 0.229. The number of aromatic nitrogens is 1. The molecular formula is C70H66N2. The summed E-state index contributed by atoms with van der Waals surface area (Å²) in [7, 11) is 0. The minimum atomic E-state index is -0.0827. The number of rotatable bonds is 10. The van der Waals surface area contributed by atoms with E-state index in [0.717, 1.165) is 29.9 Å². The normalized spacial score (nSPS) is 14.3. The molecule has 1 aromatic heterocycles. The second-order valence-corrected chi connectivity index (χ2v) is 23.1. The summed E-state index contributed by atoms with van der Waals surface area (Å²) in [6.07, 6.45) is 2.19. The molecule has 0 amide bonds. The Kier molecular flexibility index (Phi) is 10.5. The molecule has 12 rings (SSSR count). The molecule has 0 atom stereocenters. The van der Waals surface area contributed by atoms with Gasteiger partial charge in [0.25, 0.3) is 0 Å². The van der Waals surface area contributed by atoms with Crippen LogP contribution in [-0.2, 0) is 21.7 Å². The van der Waals surface area contributed by atoms with Gasteiger partial charge < -0.3 is 9.47 Å². The summed E-state index contributed by atoms with van der Waals surface area (Å²) in [5.74, 6) is 0. The van der Waals surface area contributed by atoms with Crippen LogP contribution in [0.15, 0.2) is 194 Å². The predicted molar refractivity (Wildman–Crippen MR) is 308 cm³/mol. The summed E-state index contributed by atoms with van der Waals surface area (Å²) < 4.78 is 2.46. The van der Waals surface area contributed by atoms with E-state index in [1.807, 2.05) is 0 Å². The average molecular weight is 935 g/mol. The first-order chi connectivity index (χ1) is 34.6. The summed E-state index contributed by atoms with van der Waals surface area (Å²) in [5.41, 5.74) is 25.8. The van der Waals surface area contributed by atoms with Crippen molar-refractivity contribution in [1.29, 1.82) is 0 Å². The van der Waals surface area contributed by atoms with Gasteiger partial charge in [-0.1, -0.05) is 191 Å². The highest BCUT2D eigenvalue weighted by Crippen LogP contribution is 2.52. The average Bonchev–Trinajstić information content (AvgIpc) is 3.95. The number of fused-ring (bicyclic) bond motifs is 9. The zero-order chi connectivity index (χ0) is 49.9. The van der Waals surface area contributed by atoms with Gasteiger partial charge in [0, 0.05) is 44.4 Å². The topological polar surface area (TPSA) is 8.17 Å². The smallest absolute Gasteiger partial charge is 0.0541 e. The van der Waals surface area contributed by atoms with Crippen molar-refractivity contribution < 1.29 is 0 Å². The molecule has 72 heavy (non-hydrogen) atoms. The van der Waals surface area contributed by atoms with Crippen molar-refractivity contribution in [3.8, 4) is 50.2 Å². The largest absolute Gasteiger partial charge is 0.311 e. The van der Waals surface area contributed by atoms with Crippen LogP contribution in [0.1, 0.15) is 115 Å². The quantitative estimate of drug-likeness (QED) is 0.133. The van der Waals surface area contributed by atoms with E-state index in [-0.39, 0.29) is 21.7 Å². The summed E-state index contributed by atoms with van der Waals surface area (Å²) in [6.45, 7) is 23.5. The summed E-state index contributed by atoms with van der Waals surface area (Å²) in [4.78, 5) is 2.40. The van der Waals surface area contributed by atoms with Crippen LogP contribution >= 0.6 is 0 Å². The Morgan fingerprint density at radius 1 is 0.375 bits per heavy atom. The van der Waals surface area contributed by atoms with Crippen LogP contribution < -0.4 is 4.90 Å². The van der Waals surface area contributed by atoms with E-state index in [1.165, 1.54) is 105 Å². The minimum Gasteiger partial charge on any atom is -0.311 e. The van der Waals surface area contributed by atoms with Crippen LogP contribution in [0.2, 0.25) is 0 Å². The molecule has 0 unspecified atom stereocenters. The third-order valence-corrected chi connectivity index (χ3v) is 17.5. The molecule has 10 aromatic rings. The van der Waals surface area contributed by atoms with E-state index in [2.05, 4.69) is 273 Å². The fourth-order valence-electron chi connectivity index (χ4n) is 12.1. The molecular weight excluding hydrogens is 869 g/mol. The van der Waals surface area contributed by atoms with E-state index in [1.54, 1.807) is 0 Å². The van der Waals surface area contributed by atoms with E-state index in [9.17, 15) is 0 Å². The van der Waals surface area contributed by atoms with Crippen LogP contribution in [0.4, 0.5) is 17.1 Å². The lowest BCUT2D eigenvalue weighted by Crippen LogP contribution is -2.19. The van der Waals surface area contributed by atoms with Gasteiger partial charge in [0.15, 0.2) is 0 Å². The second kappa shape index (κ2) is 16.6. The van der Waals surface area contributed by atoms with Gasteiger partial charge in [0.2, 0.25) is 0 Å². The summed E-state index contributed by atoms with van der Waals surface area (Å²) in [5, 5.41) is 2.52. The molecule has 0 fully saturated rings. The highest BCUT2D eigenvalue weighted by molar-refractivity contribution is 6.10. The van der Waals surface area contributed by atoms with Crippen molar-refractivity contribution in [3.63, 3.8) is 0 Å². The zero-order valence-electron chi connectivity index (χ0n) is 43.8. The number of anilines is 3. The molecule has 2 heteroatoms. The Hall–Kier alpha value is -7.42. The molecule has 2 aliphatic carbocycles. The van der Waals surface area contributed by atoms with Gasteiger partial charge in [-0.3, -0.25) is 0 Å². The van der Waals surface area contributed by atoms with Crippen molar-refractivity contribution in [2.75, 3.05) is 4.90 Å². The first kappa shape index (κ1) is 45.7. The second-order valence-electron chi connectivity index (χ2n) is 23.1. The number of hydrogen-bond donors (Lipinski definition) is 0. The van der Waals surface area contributed by atoms with Crippen molar-refractivity contribution in [2.24, 2.45) is 0 Å².